The van der Waals surface area contributed by atoms with Crippen molar-refractivity contribution in [2.24, 2.45) is 5.41 Å². The van der Waals surface area contributed by atoms with E-state index in [1.54, 1.807) is 18.3 Å². The summed E-state index contributed by atoms with van der Waals surface area (Å²) in [5.74, 6) is -0.283. The van der Waals surface area contributed by atoms with E-state index in [0.29, 0.717) is 11.9 Å². The number of hydrogen-bond acceptors (Lipinski definition) is 4. The largest absolute Gasteiger partial charge is 0.396 e. The van der Waals surface area contributed by atoms with Gasteiger partial charge in [0.15, 0.2) is 0 Å². The molecule has 0 bridgehead atoms. The summed E-state index contributed by atoms with van der Waals surface area (Å²) in [5, 5.41) is 17.7. The van der Waals surface area contributed by atoms with E-state index in [4.69, 9.17) is 0 Å². The molecule has 0 saturated carbocycles. The van der Waals surface area contributed by atoms with Gasteiger partial charge in [-0.15, -0.1) is 0 Å². The van der Waals surface area contributed by atoms with Gasteiger partial charge in [-0.1, -0.05) is 32.0 Å². The van der Waals surface area contributed by atoms with Crippen molar-refractivity contribution in [2.45, 2.75) is 33.2 Å². The van der Waals surface area contributed by atoms with Crippen molar-refractivity contribution in [3.05, 3.63) is 40.8 Å². The molecule has 0 aliphatic carbocycles. The Kier molecular flexibility index (Phi) is 5.50. The monoisotopic (exact) mass is 317 g/mol. The maximum atomic E-state index is 12.3. The second-order valence-electron chi connectivity index (χ2n) is 5.84. The number of amides is 1. The molecule has 2 N–H and O–H groups in total. The van der Waals surface area contributed by atoms with Crippen molar-refractivity contribution >= 4 is 16.7 Å². The number of fused-ring (bicyclic) bond motifs is 1. The minimum Gasteiger partial charge on any atom is -0.396 e. The second kappa shape index (κ2) is 7.37. The van der Waals surface area contributed by atoms with E-state index in [1.807, 2.05) is 26.0 Å². The van der Waals surface area contributed by atoms with Gasteiger partial charge in [-0.2, -0.15) is 5.10 Å². The number of aliphatic hydroxyl groups is 1. The topological polar surface area (TPSA) is 84.2 Å². The molecule has 0 saturated heterocycles. The van der Waals surface area contributed by atoms with Crippen LogP contribution in [0.5, 0.6) is 0 Å². The first-order chi connectivity index (χ1) is 11.0. The van der Waals surface area contributed by atoms with Crippen molar-refractivity contribution in [2.75, 3.05) is 13.2 Å². The lowest BCUT2D eigenvalue weighted by Gasteiger charge is -2.29. The number of aliphatic hydroxyl groups excluding tert-OH is 1. The Morgan fingerprint density at radius 3 is 2.65 bits per heavy atom. The smallest absolute Gasteiger partial charge is 0.275 e. The predicted molar refractivity (Wildman–Crippen MR) is 89.1 cm³/mol. The lowest BCUT2D eigenvalue weighted by molar-refractivity contribution is -0.122. The van der Waals surface area contributed by atoms with Crippen LogP contribution in [0.25, 0.3) is 10.8 Å². The number of aromatic nitrogens is 2. The normalized spacial score (nSPS) is 11.6. The average Bonchev–Trinajstić information content (AvgIpc) is 2.59. The SMILES string of the molecule is CCC(CC)(CO)CNC(=O)Cn1ncc2ccccc2c1=O. The van der Waals surface area contributed by atoms with Crippen LogP contribution in [-0.2, 0) is 11.3 Å². The standard InChI is InChI=1S/C17H23N3O3/c1-3-17(4-2,12-21)11-18-15(22)10-20-16(23)14-8-6-5-7-13(14)9-19-20/h5-9,21H,3-4,10-12H2,1-2H3,(H,18,22). The van der Waals surface area contributed by atoms with Gasteiger partial charge in [-0.25, -0.2) is 4.68 Å². The number of rotatable bonds is 7. The van der Waals surface area contributed by atoms with Crippen LogP contribution in [0.3, 0.4) is 0 Å². The Hall–Kier alpha value is -2.21. The van der Waals surface area contributed by atoms with Gasteiger partial charge in [-0.05, 0) is 18.9 Å². The third-order valence-electron chi connectivity index (χ3n) is 4.55. The Labute approximate surface area is 135 Å². The highest BCUT2D eigenvalue weighted by Gasteiger charge is 2.25. The van der Waals surface area contributed by atoms with E-state index >= 15 is 0 Å². The van der Waals surface area contributed by atoms with Crippen LogP contribution in [-0.4, -0.2) is 33.9 Å². The van der Waals surface area contributed by atoms with Crippen molar-refractivity contribution in [3.8, 4) is 0 Å². The van der Waals surface area contributed by atoms with Crippen LogP contribution in [0.1, 0.15) is 26.7 Å². The fourth-order valence-corrected chi connectivity index (χ4v) is 2.50. The molecule has 124 valence electrons. The average molecular weight is 317 g/mol. The number of benzene rings is 1. The van der Waals surface area contributed by atoms with Crippen molar-refractivity contribution < 1.29 is 9.90 Å². The van der Waals surface area contributed by atoms with Gasteiger partial charge in [0.2, 0.25) is 5.91 Å². The number of nitrogens with one attached hydrogen (secondary N) is 1. The summed E-state index contributed by atoms with van der Waals surface area (Å²) < 4.78 is 1.16. The van der Waals surface area contributed by atoms with Crippen LogP contribution in [0, 0.1) is 5.41 Å². The zero-order chi connectivity index (χ0) is 16.9. The van der Waals surface area contributed by atoms with E-state index in [9.17, 15) is 14.7 Å². The van der Waals surface area contributed by atoms with Gasteiger partial charge in [-0.3, -0.25) is 9.59 Å². The summed E-state index contributed by atoms with van der Waals surface area (Å²) in [7, 11) is 0. The van der Waals surface area contributed by atoms with Gasteiger partial charge >= 0.3 is 0 Å². The molecule has 6 heteroatoms. The minimum absolute atomic E-state index is 0.0223. The molecule has 0 fully saturated rings. The fourth-order valence-electron chi connectivity index (χ4n) is 2.50. The second-order valence-corrected chi connectivity index (χ2v) is 5.84. The molecule has 0 unspecified atom stereocenters. The molecular weight excluding hydrogens is 294 g/mol. The summed E-state index contributed by atoms with van der Waals surface area (Å²) in [5.41, 5.74) is -0.588. The predicted octanol–water partition coefficient (Wildman–Crippen LogP) is 1.31. The fraction of sp³-hybridized carbons (Fsp3) is 0.471. The first kappa shape index (κ1) is 17.1. The highest BCUT2D eigenvalue weighted by atomic mass is 16.3. The zero-order valence-corrected chi connectivity index (χ0v) is 13.6. The van der Waals surface area contributed by atoms with Gasteiger partial charge in [0.1, 0.15) is 6.54 Å². The van der Waals surface area contributed by atoms with Gasteiger partial charge in [0.05, 0.1) is 18.2 Å². The Balaban J connectivity index is 2.09. The van der Waals surface area contributed by atoms with Crippen LogP contribution >= 0.6 is 0 Å². The molecule has 6 nitrogen and oxygen atoms in total. The van der Waals surface area contributed by atoms with Crippen LogP contribution in [0.4, 0.5) is 0 Å². The van der Waals surface area contributed by atoms with E-state index in [2.05, 4.69) is 10.4 Å². The summed E-state index contributed by atoms with van der Waals surface area (Å²) >= 11 is 0. The Morgan fingerprint density at radius 2 is 2.00 bits per heavy atom. The van der Waals surface area contributed by atoms with Gasteiger partial charge < -0.3 is 10.4 Å². The van der Waals surface area contributed by atoms with Crippen LogP contribution in [0.15, 0.2) is 35.3 Å². The van der Waals surface area contributed by atoms with Crippen molar-refractivity contribution in [1.82, 2.24) is 15.1 Å². The molecule has 0 aliphatic rings. The molecular formula is C17H23N3O3. The summed E-state index contributed by atoms with van der Waals surface area (Å²) in [4.78, 5) is 24.4. The van der Waals surface area contributed by atoms with Crippen molar-refractivity contribution in [3.63, 3.8) is 0 Å². The zero-order valence-electron chi connectivity index (χ0n) is 13.6. The molecule has 0 aliphatic heterocycles. The number of hydrogen-bond donors (Lipinski definition) is 2. The van der Waals surface area contributed by atoms with E-state index in [1.165, 1.54) is 0 Å². The molecule has 1 aromatic heterocycles. The first-order valence-corrected chi connectivity index (χ1v) is 7.87. The lowest BCUT2D eigenvalue weighted by Crippen LogP contribution is -2.41. The Morgan fingerprint density at radius 1 is 1.30 bits per heavy atom. The molecule has 0 radical (unpaired) electrons. The minimum atomic E-state index is -0.308. The third kappa shape index (κ3) is 3.76. The van der Waals surface area contributed by atoms with Gasteiger partial charge in [0.25, 0.3) is 5.56 Å². The third-order valence-corrected chi connectivity index (χ3v) is 4.55. The quantitative estimate of drug-likeness (QED) is 0.806. The summed E-state index contributed by atoms with van der Waals surface area (Å²) in [6.07, 6.45) is 3.13. The van der Waals surface area contributed by atoms with E-state index < -0.39 is 0 Å². The van der Waals surface area contributed by atoms with Crippen LogP contribution < -0.4 is 10.9 Å². The molecule has 1 heterocycles. The molecule has 0 atom stereocenters. The maximum absolute atomic E-state index is 12.3. The molecule has 0 spiro atoms. The number of carbonyl (C=O) groups is 1. The molecule has 1 aromatic carbocycles. The summed E-state index contributed by atoms with van der Waals surface area (Å²) in [6, 6.07) is 7.15. The van der Waals surface area contributed by atoms with E-state index in [0.717, 1.165) is 22.9 Å². The molecule has 2 aromatic rings. The number of nitrogens with zero attached hydrogens (tertiary/aromatic N) is 2. The van der Waals surface area contributed by atoms with Crippen LogP contribution in [0.2, 0.25) is 0 Å². The first-order valence-electron chi connectivity index (χ1n) is 7.87. The highest BCUT2D eigenvalue weighted by Crippen LogP contribution is 2.24. The lowest BCUT2D eigenvalue weighted by atomic mass is 9.83. The summed E-state index contributed by atoms with van der Waals surface area (Å²) in [6.45, 7) is 4.26. The highest BCUT2D eigenvalue weighted by molar-refractivity contribution is 5.81. The molecule has 1 amide bonds. The molecule has 2 rings (SSSR count). The Bertz CT molecular complexity index is 727. The maximum Gasteiger partial charge on any atom is 0.275 e. The number of carbonyl (C=O) groups excluding carboxylic acids is 1. The molecule has 23 heavy (non-hydrogen) atoms. The van der Waals surface area contributed by atoms with Crippen molar-refractivity contribution in [1.29, 1.82) is 0 Å². The van der Waals surface area contributed by atoms with E-state index in [-0.39, 0.29) is 30.0 Å². The van der Waals surface area contributed by atoms with Gasteiger partial charge in [0, 0.05) is 17.3 Å².